The third-order valence-corrected chi connectivity index (χ3v) is 5.23. The lowest BCUT2D eigenvalue weighted by Gasteiger charge is -1.97. The summed E-state index contributed by atoms with van der Waals surface area (Å²) in [6.07, 6.45) is 2.02. The van der Waals surface area contributed by atoms with Gasteiger partial charge in [0.05, 0.1) is 6.61 Å². The number of esters is 1. The van der Waals surface area contributed by atoms with E-state index in [0.29, 0.717) is 25.1 Å². The van der Waals surface area contributed by atoms with Crippen molar-refractivity contribution in [1.29, 1.82) is 0 Å². The van der Waals surface area contributed by atoms with E-state index in [0.717, 1.165) is 28.2 Å². The molecule has 0 amide bonds. The predicted molar refractivity (Wildman–Crippen MR) is 114 cm³/mol. The zero-order valence-corrected chi connectivity index (χ0v) is 17.2. The zero-order chi connectivity index (χ0) is 20.8. The van der Waals surface area contributed by atoms with Crippen LogP contribution in [0.1, 0.15) is 45.1 Å². The van der Waals surface area contributed by atoms with E-state index in [1.165, 1.54) is 16.9 Å². The fraction of sp³-hybridized carbons (Fsp3) is 0.227. The highest BCUT2D eigenvalue weighted by Gasteiger charge is 2.13. The van der Waals surface area contributed by atoms with Crippen LogP contribution in [-0.4, -0.2) is 38.0 Å². The maximum absolute atomic E-state index is 11.6. The smallest absolute Gasteiger partial charge is 0.369 e. The second-order valence-electron chi connectivity index (χ2n) is 6.51. The molecule has 0 aliphatic heterocycles. The summed E-state index contributed by atoms with van der Waals surface area (Å²) in [5.74, 6) is 5.69. The third kappa shape index (κ3) is 4.88. The molecule has 0 bridgehead atoms. The minimum absolute atomic E-state index is 0.273. The first kappa shape index (κ1) is 19.7. The monoisotopic (exact) mass is 417 g/mol. The molecule has 3 heterocycles. The van der Waals surface area contributed by atoms with Gasteiger partial charge in [-0.2, -0.15) is 0 Å². The Morgan fingerprint density at radius 1 is 1.13 bits per heavy atom. The standard InChI is InChI=1S/C22H19N5O2S/c1-2-29-22(28)21-27-25-19(30-21)11-7-6-10-17-13-16-14-18(23-20(16)26-24-17)12-15-8-4-3-5-9-15/h3-5,8-9,13-14H,2,7,11-12H2,1H3,(H,23,26). The average Bonchev–Trinajstić information content (AvgIpc) is 3.38. The average molecular weight is 417 g/mol. The van der Waals surface area contributed by atoms with Crippen molar-refractivity contribution in [3.8, 4) is 11.8 Å². The number of hydrogen-bond donors (Lipinski definition) is 1. The van der Waals surface area contributed by atoms with Crippen LogP contribution in [0, 0.1) is 11.8 Å². The number of carbonyl (C=O) groups is 1. The van der Waals surface area contributed by atoms with E-state index >= 15 is 0 Å². The first-order chi connectivity index (χ1) is 14.7. The van der Waals surface area contributed by atoms with Crippen molar-refractivity contribution in [2.24, 2.45) is 0 Å². The molecule has 0 saturated carbocycles. The number of H-pyrrole nitrogens is 1. The molecule has 0 radical (unpaired) electrons. The van der Waals surface area contributed by atoms with E-state index in [-0.39, 0.29) is 5.01 Å². The van der Waals surface area contributed by atoms with Gasteiger partial charge in [0.15, 0.2) is 5.65 Å². The first-order valence-electron chi connectivity index (χ1n) is 9.59. The number of fused-ring (bicyclic) bond motifs is 1. The van der Waals surface area contributed by atoms with Gasteiger partial charge in [-0.3, -0.25) is 0 Å². The van der Waals surface area contributed by atoms with Crippen molar-refractivity contribution in [3.05, 3.63) is 69.4 Å². The van der Waals surface area contributed by atoms with Gasteiger partial charge in [0, 0.05) is 30.3 Å². The summed E-state index contributed by atoms with van der Waals surface area (Å²) in [6, 6.07) is 14.3. The highest BCUT2D eigenvalue weighted by molar-refractivity contribution is 7.13. The number of aryl methyl sites for hydroxylation is 1. The van der Waals surface area contributed by atoms with Gasteiger partial charge in [-0.15, -0.1) is 20.4 Å². The van der Waals surface area contributed by atoms with E-state index in [1.807, 2.05) is 24.3 Å². The summed E-state index contributed by atoms with van der Waals surface area (Å²) < 4.78 is 4.92. The second-order valence-corrected chi connectivity index (χ2v) is 7.58. The summed E-state index contributed by atoms with van der Waals surface area (Å²) in [5.41, 5.74) is 3.70. The molecule has 7 nitrogen and oxygen atoms in total. The van der Waals surface area contributed by atoms with Crippen molar-refractivity contribution >= 4 is 28.3 Å². The van der Waals surface area contributed by atoms with Crippen LogP contribution in [0.25, 0.3) is 11.0 Å². The fourth-order valence-electron chi connectivity index (χ4n) is 2.91. The van der Waals surface area contributed by atoms with Crippen LogP contribution in [0.4, 0.5) is 0 Å². The Kier molecular flexibility index (Phi) is 6.11. The maximum Gasteiger partial charge on any atom is 0.369 e. The normalized spacial score (nSPS) is 10.6. The zero-order valence-electron chi connectivity index (χ0n) is 16.4. The van der Waals surface area contributed by atoms with Crippen molar-refractivity contribution < 1.29 is 9.53 Å². The van der Waals surface area contributed by atoms with Crippen LogP contribution in [-0.2, 0) is 17.6 Å². The Hall–Kier alpha value is -3.57. The SMILES string of the molecule is CCOC(=O)c1nnc(CCC#Cc2cc3cc(Cc4ccccc4)[nH]c3nn2)s1. The Labute approximate surface area is 177 Å². The number of nitrogens with one attached hydrogen (secondary N) is 1. The van der Waals surface area contributed by atoms with Gasteiger partial charge in [0.2, 0.25) is 5.01 Å². The number of nitrogens with zero attached hydrogens (tertiary/aromatic N) is 4. The molecule has 150 valence electrons. The number of aromatic nitrogens is 5. The minimum atomic E-state index is -0.436. The van der Waals surface area contributed by atoms with Crippen molar-refractivity contribution in [3.63, 3.8) is 0 Å². The van der Waals surface area contributed by atoms with E-state index in [9.17, 15) is 4.79 Å². The van der Waals surface area contributed by atoms with Crippen LogP contribution in [0.5, 0.6) is 0 Å². The molecule has 4 aromatic rings. The number of ether oxygens (including phenoxy) is 1. The molecule has 0 spiro atoms. The first-order valence-corrected chi connectivity index (χ1v) is 10.4. The lowest BCUT2D eigenvalue weighted by atomic mass is 10.1. The molecule has 30 heavy (non-hydrogen) atoms. The largest absolute Gasteiger partial charge is 0.461 e. The number of aromatic amines is 1. The predicted octanol–water partition coefficient (Wildman–Crippen LogP) is 3.56. The van der Waals surface area contributed by atoms with Gasteiger partial charge in [-0.1, -0.05) is 47.6 Å². The topological polar surface area (TPSA) is 93.7 Å². The van der Waals surface area contributed by atoms with E-state index in [2.05, 4.69) is 55.4 Å². The maximum atomic E-state index is 11.6. The molecule has 4 rings (SSSR count). The molecule has 0 fully saturated rings. The number of carbonyl (C=O) groups excluding carboxylic acids is 1. The molecular formula is C22H19N5O2S. The Balaban J connectivity index is 1.37. The van der Waals surface area contributed by atoms with Crippen LogP contribution in [0.2, 0.25) is 0 Å². The molecule has 8 heteroatoms. The Morgan fingerprint density at radius 3 is 2.83 bits per heavy atom. The van der Waals surface area contributed by atoms with Gasteiger partial charge in [-0.25, -0.2) is 4.79 Å². The second kappa shape index (κ2) is 9.29. The molecule has 3 aromatic heterocycles. The van der Waals surface area contributed by atoms with Crippen LogP contribution in [0.3, 0.4) is 0 Å². The van der Waals surface area contributed by atoms with Gasteiger partial charge in [0.1, 0.15) is 10.7 Å². The van der Waals surface area contributed by atoms with Gasteiger partial charge >= 0.3 is 5.97 Å². The minimum Gasteiger partial charge on any atom is -0.461 e. The van der Waals surface area contributed by atoms with Crippen molar-refractivity contribution in [1.82, 2.24) is 25.4 Å². The Morgan fingerprint density at radius 2 is 2.00 bits per heavy atom. The van der Waals surface area contributed by atoms with E-state index in [1.54, 1.807) is 6.92 Å². The van der Waals surface area contributed by atoms with Crippen LogP contribution in [0.15, 0.2) is 42.5 Å². The van der Waals surface area contributed by atoms with E-state index < -0.39 is 5.97 Å². The summed E-state index contributed by atoms with van der Waals surface area (Å²) >= 11 is 1.24. The molecule has 0 aliphatic carbocycles. The molecular weight excluding hydrogens is 398 g/mol. The van der Waals surface area contributed by atoms with Gasteiger partial charge in [-0.05, 0) is 30.5 Å². The number of rotatable bonds is 6. The quantitative estimate of drug-likeness (QED) is 0.381. The van der Waals surface area contributed by atoms with Gasteiger partial charge in [0.25, 0.3) is 0 Å². The van der Waals surface area contributed by atoms with Crippen LogP contribution < -0.4 is 0 Å². The van der Waals surface area contributed by atoms with Crippen molar-refractivity contribution in [2.75, 3.05) is 6.61 Å². The summed E-state index contributed by atoms with van der Waals surface area (Å²) in [6.45, 7) is 2.08. The van der Waals surface area contributed by atoms with Gasteiger partial charge < -0.3 is 9.72 Å². The molecule has 0 unspecified atom stereocenters. The lowest BCUT2D eigenvalue weighted by Crippen LogP contribution is -2.03. The number of hydrogen-bond acceptors (Lipinski definition) is 7. The summed E-state index contributed by atoms with van der Waals surface area (Å²) in [4.78, 5) is 14.9. The highest BCUT2D eigenvalue weighted by Crippen LogP contribution is 2.16. The molecule has 0 aliphatic rings. The van der Waals surface area contributed by atoms with E-state index in [4.69, 9.17) is 4.74 Å². The summed E-state index contributed by atoms with van der Waals surface area (Å²) in [5, 5.41) is 18.3. The molecule has 0 atom stereocenters. The third-order valence-electron chi connectivity index (χ3n) is 4.27. The Bertz CT molecular complexity index is 1220. The lowest BCUT2D eigenvalue weighted by molar-refractivity contribution is 0.0525. The number of benzene rings is 1. The van der Waals surface area contributed by atoms with Crippen LogP contribution >= 0.6 is 11.3 Å². The highest BCUT2D eigenvalue weighted by atomic mass is 32.1. The fourth-order valence-corrected chi connectivity index (χ4v) is 3.65. The molecule has 1 N–H and O–H groups in total. The molecule has 1 aromatic carbocycles. The summed E-state index contributed by atoms with van der Waals surface area (Å²) in [7, 11) is 0. The molecule has 0 saturated heterocycles. The van der Waals surface area contributed by atoms with Crippen molar-refractivity contribution in [2.45, 2.75) is 26.2 Å².